The van der Waals surface area contributed by atoms with Gasteiger partial charge in [-0.15, -0.1) is 0 Å². The van der Waals surface area contributed by atoms with E-state index in [-0.39, 0.29) is 0 Å². The summed E-state index contributed by atoms with van der Waals surface area (Å²) in [6.45, 7) is 7.75. The predicted molar refractivity (Wildman–Crippen MR) is 72.5 cm³/mol. The van der Waals surface area contributed by atoms with Crippen LogP contribution in [0.5, 0.6) is 0 Å². The molecule has 4 heteroatoms. The average molecular weight is 248 g/mol. The van der Waals surface area contributed by atoms with Gasteiger partial charge in [0.15, 0.2) is 0 Å². The second-order valence-electron chi connectivity index (χ2n) is 5.87. The van der Waals surface area contributed by atoms with Crippen molar-refractivity contribution in [3.63, 3.8) is 0 Å². The summed E-state index contributed by atoms with van der Waals surface area (Å²) in [6, 6.07) is 1.59. The summed E-state index contributed by atoms with van der Waals surface area (Å²) < 4.78 is 1.98. The molecule has 1 aliphatic carbocycles. The van der Waals surface area contributed by atoms with E-state index in [0.717, 1.165) is 12.6 Å². The number of aromatic nitrogens is 2. The van der Waals surface area contributed by atoms with Crippen molar-refractivity contribution in [1.29, 1.82) is 0 Å². The predicted octanol–water partition coefficient (Wildman–Crippen LogP) is 1.36. The van der Waals surface area contributed by atoms with Crippen molar-refractivity contribution in [3.05, 3.63) is 17.0 Å². The average Bonchev–Trinajstić information content (AvgIpc) is 3.03. The lowest BCUT2D eigenvalue weighted by atomic mass is 10.2. The number of hydrogen-bond donors (Lipinski definition) is 1. The maximum atomic E-state index is 4.48. The van der Waals surface area contributed by atoms with Crippen LogP contribution in [0, 0.1) is 13.8 Å². The zero-order chi connectivity index (χ0) is 12.7. The van der Waals surface area contributed by atoms with Crippen LogP contribution in [0.4, 0.5) is 0 Å². The lowest BCUT2D eigenvalue weighted by Crippen LogP contribution is -2.33. The number of likely N-dealkylation sites (tertiary alicyclic amines) is 1. The van der Waals surface area contributed by atoms with Crippen molar-refractivity contribution in [3.8, 4) is 0 Å². The Hall–Kier alpha value is -0.870. The lowest BCUT2D eigenvalue weighted by Gasteiger charge is -2.15. The number of aryl methyl sites for hydroxylation is 2. The van der Waals surface area contributed by atoms with Crippen LogP contribution < -0.4 is 5.32 Å². The molecule has 0 spiro atoms. The molecule has 0 bridgehead atoms. The minimum absolute atomic E-state index is 0.671. The molecule has 0 amide bonds. The van der Waals surface area contributed by atoms with Crippen molar-refractivity contribution < 1.29 is 0 Å². The Kier molecular flexibility index (Phi) is 3.16. The minimum Gasteiger partial charge on any atom is -0.308 e. The fourth-order valence-electron chi connectivity index (χ4n) is 3.04. The molecule has 18 heavy (non-hydrogen) atoms. The Balaban J connectivity index is 1.55. The fourth-order valence-corrected chi connectivity index (χ4v) is 3.04. The Morgan fingerprint density at radius 2 is 2.06 bits per heavy atom. The third-order valence-corrected chi connectivity index (χ3v) is 4.51. The van der Waals surface area contributed by atoms with Crippen LogP contribution in [-0.4, -0.2) is 39.9 Å². The molecule has 1 saturated heterocycles. The van der Waals surface area contributed by atoms with Gasteiger partial charge in [0, 0.05) is 50.0 Å². The lowest BCUT2D eigenvalue weighted by molar-refractivity contribution is 0.317. The molecule has 1 saturated carbocycles. The number of rotatable bonds is 4. The highest BCUT2D eigenvalue weighted by Crippen LogP contribution is 2.29. The molecule has 0 aromatic carbocycles. The van der Waals surface area contributed by atoms with Gasteiger partial charge < -0.3 is 5.32 Å². The third kappa shape index (κ3) is 2.31. The van der Waals surface area contributed by atoms with Crippen molar-refractivity contribution in [1.82, 2.24) is 20.0 Å². The van der Waals surface area contributed by atoms with Gasteiger partial charge in [-0.2, -0.15) is 5.10 Å². The molecule has 1 aromatic heterocycles. The smallest absolute Gasteiger partial charge is 0.0641 e. The van der Waals surface area contributed by atoms with Gasteiger partial charge in [0.1, 0.15) is 0 Å². The van der Waals surface area contributed by atoms with Gasteiger partial charge in [0.25, 0.3) is 0 Å². The Labute approximate surface area is 109 Å². The fraction of sp³-hybridized carbons (Fsp3) is 0.786. The maximum absolute atomic E-state index is 4.48. The Bertz CT molecular complexity index is 433. The number of nitrogens with one attached hydrogen (secondary N) is 1. The first-order valence-electron chi connectivity index (χ1n) is 7.11. The molecular formula is C14H24N4. The molecule has 1 aromatic rings. The van der Waals surface area contributed by atoms with Crippen molar-refractivity contribution in [2.45, 2.75) is 51.7 Å². The molecule has 0 radical (unpaired) electrons. The zero-order valence-corrected chi connectivity index (χ0v) is 11.7. The van der Waals surface area contributed by atoms with E-state index in [2.05, 4.69) is 29.2 Å². The van der Waals surface area contributed by atoms with E-state index >= 15 is 0 Å². The van der Waals surface area contributed by atoms with Gasteiger partial charge in [0.05, 0.1) is 5.69 Å². The summed E-state index contributed by atoms with van der Waals surface area (Å²) in [7, 11) is 2.02. The zero-order valence-electron chi connectivity index (χ0n) is 11.7. The topological polar surface area (TPSA) is 33.1 Å². The largest absolute Gasteiger partial charge is 0.308 e. The van der Waals surface area contributed by atoms with E-state index in [1.165, 1.54) is 49.3 Å². The first-order valence-corrected chi connectivity index (χ1v) is 7.11. The van der Waals surface area contributed by atoms with Crippen LogP contribution >= 0.6 is 0 Å². The summed E-state index contributed by atoms with van der Waals surface area (Å²) in [5.74, 6) is 0. The summed E-state index contributed by atoms with van der Waals surface area (Å²) in [5.41, 5.74) is 3.83. The van der Waals surface area contributed by atoms with Gasteiger partial charge in [-0.25, -0.2) is 0 Å². The number of hydrogen-bond acceptors (Lipinski definition) is 3. The first-order chi connectivity index (χ1) is 8.65. The van der Waals surface area contributed by atoms with Gasteiger partial charge in [-0.3, -0.25) is 9.58 Å². The number of nitrogens with zero attached hydrogens (tertiary/aromatic N) is 3. The van der Waals surface area contributed by atoms with Crippen molar-refractivity contribution in [2.24, 2.45) is 7.05 Å². The quantitative estimate of drug-likeness (QED) is 0.873. The van der Waals surface area contributed by atoms with E-state index in [4.69, 9.17) is 0 Å². The minimum atomic E-state index is 0.671. The summed E-state index contributed by atoms with van der Waals surface area (Å²) in [5, 5.41) is 8.19. The van der Waals surface area contributed by atoms with Gasteiger partial charge in [0.2, 0.25) is 0 Å². The maximum Gasteiger partial charge on any atom is 0.0641 e. The normalized spacial score (nSPS) is 24.9. The Morgan fingerprint density at radius 3 is 2.67 bits per heavy atom. The van der Waals surface area contributed by atoms with Crippen LogP contribution in [0.1, 0.15) is 36.2 Å². The molecule has 1 atom stereocenters. The highest BCUT2D eigenvalue weighted by Gasteiger charge is 2.34. The summed E-state index contributed by atoms with van der Waals surface area (Å²) in [4.78, 5) is 2.65. The summed E-state index contributed by atoms with van der Waals surface area (Å²) >= 11 is 0. The highest BCUT2D eigenvalue weighted by molar-refractivity contribution is 5.24. The van der Waals surface area contributed by atoms with Crippen molar-refractivity contribution in [2.75, 3.05) is 13.1 Å². The highest BCUT2D eigenvalue weighted by atomic mass is 15.3. The van der Waals surface area contributed by atoms with Crippen LogP contribution in [0.3, 0.4) is 0 Å². The van der Waals surface area contributed by atoms with Crippen LogP contribution in [0.2, 0.25) is 0 Å². The standard InChI is InChI=1S/C14H24N4/c1-10-14(11(2)17(3)16-10)8-15-12-6-7-18(9-12)13-4-5-13/h12-13,15H,4-9H2,1-3H3. The SMILES string of the molecule is Cc1nn(C)c(C)c1CNC1CCN(C2CC2)C1. The van der Waals surface area contributed by atoms with Crippen LogP contribution in [0.25, 0.3) is 0 Å². The van der Waals surface area contributed by atoms with E-state index in [9.17, 15) is 0 Å². The molecule has 4 nitrogen and oxygen atoms in total. The van der Waals surface area contributed by atoms with Gasteiger partial charge >= 0.3 is 0 Å². The van der Waals surface area contributed by atoms with Crippen LogP contribution in [0.15, 0.2) is 0 Å². The van der Waals surface area contributed by atoms with E-state index in [1.54, 1.807) is 0 Å². The molecule has 1 unspecified atom stereocenters. The van der Waals surface area contributed by atoms with Crippen molar-refractivity contribution >= 4 is 0 Å². The third-order valence-electron chi connectivity index (χ3n) is 4.51. The van der Waals surface area contributed by atoms with Gasteiger partial charge in [-0.1, -0.05) is 0 Å². The van der Waals surface area contributed by atoms with E-state index in [0.29, 0.717) is 6.04 Å². The monoisotopic (exact) mass is 248 g/mol. The molecule has 2 aliphatic rings. The van der Waals surface area contributed by atoms with Crippen LogP contribution in [-0.2, 0) is 13.6 Å². The molecule has 2 fully saturated rings. The molecule has 1 N–H and O–H groups in total. The molecule has 100 valence electrons. The second kappa shape index (κ2) is 4.67. The Morgan fingerprint density at radius 1 is 1.28 bits per heavy atom. The molecule has 1 aliphatic heterocycles. The van der Waals surface area contributed by atoms with Gasteiger partial charge in [-0.05, 0) is 33.1 Å². The van der Waals surface area contributed by atoms with E-state index in [1.807, 2.05) is 11.7 Å². The van der Waals surface area contributed by atoms with E-state index < -0.39 is 0 Å². The molecule has 3 rings (SSSR count). The first kappa shape index (κ1) is 12.2. The molecular weight excluding hydrogens is 224 g/mol. The summed E-state index contributed by atoms with van der Waals surface area (Å²) in [6.07, 6.45) is 4.15. The second-order valence-corrected chi connectivity index (χ2v) is 5.87. The molecule has 2 heterocycles.